The number of thiophene rings is 1. The Morgan fingerprint density at radius 2 is 2.00 bits per heavy atom. The van der Waals surface area contributed by atoms with Gasteiger partial charge < -0.3 is 15.8 Å². The molecule has 0 aliphatic rings. The van der Waals surface area contributed by atoms with E-state index in [1.807, 2.05) is 30.3 Å². The number of rotatable bonds is 6. The van der Waals surface area contributed by atoms with Crippen LogP contribution in [0.4, 0.5) is 9.80 Å². The Labute approximate surface area is 160 Å². The minimum atomic E-state index is -0.723. The minimum absolute atomic E-state index is 0.307. The van der Waals surface area contributed by atoms with Gasteiger partial charge in [-0.15, -0.1) is 11.3 Å². The monoisotopic (exact) mass is 382 g/mol. The lowest BCUT2D eigenvalue weighted by Crippen LogP contribution is -2.25. The Kier molecular flexibility index (Phi) is 5.68. The molecule has 0 aliphatic carbocycles. The van der Waals surface area contributed by atoms with Crippen LogP contribution in [0.5, 0.6) is 5.75 Å². The molecule has 0 bridgehead atoms. The lowest BCUT2D eigenvalue weighted by molar-refractivity contribution is 0.0952. The van der Waals surface area contributed by atoms with Crippen LogP contribution in [0, 0.1) is 0 Å². The lowest BCUT2D eigenvalue weighted by Gasteiger charge is -2.06. The van der Waals surface area contributed by atoms with Crippen molar-refractivity contribution in [3.63, 3.8) is 0 Å². The second-order valence-corrected chi connectivity index (χ2v) is 6.67. The number of benzene rings is 1. The highest BCUT2D eigenvalue weighted by atomic mass is 32.1. The Morgan fingerprint density at radius 3 is 2.63 bits per heavy atom. The predicted octanol–water partition coefficient (Wildman–Crippen LogP) is 3.24. The van der Waals surface area contributed by atoms with Gasteiger partial charge >= 0.3 is 6.03 Å². The number of carbonyl (C=O) groups is 2. The van der Waals surface area contributed by atoms with Gasteiger partial charge in [-0.25, -0.2) is 4.79 Å². The van der Waals surface area contributed by atoms with E-state index in [0.29, 0.717) is 17.1 Å². The van der Waals surface area contributed by atoms with Crippen molar-refractivity contribution in [2.75, 3.05) is 12.4 Å². The standard InChI is InChI=1S/C19H18N4O3S/c1-26-14-6-4-13(5-7-14)16-9-15(18(27-16)23-19(20)25)17(24)22-11-12-3-2-8-21-10-12/h2-10H,11H2,1H3,(H,22,24)(H3,20,23,25). The number of hydrogen-bond acceptors (Lipinski definition) is 5. The number of urea groups is 1. The first-order chi connectivity index (χ1) is 13.1. The van der Waals surface area contributed by atoms with Crippen LogP contribution in [-0.4, -0.2) is 24.0 Å². The third-order valence-electron chi connectivity index (χ3n) is 3.76. The number of nitrogens with zero attached hydrogens (tertiary/aromatic N) is 1. The second-order valence-electron chi connectivity index (χ2n) is 5.62. The van der Waals surface area contributed by atoms with Crippen molar-refractivity contribution in [3.05, 3.63) is 66.0 Å². The van der Waals surface area contributed by atoms with Crippen molar-refractivity contribution >= 4 is 28.3 Å². The maximum absolute atomic E-state index is 12.6. The van der Waals surface area contributed by atoms with E-state index in [1.54, 1.807) is 31.6 Å². The molecule has 27 heavy (non-hydrogen) atoms. The number of carbonyl (C=O) groups excluding carboxylic acids is 2. The van der Waals surface area contributed by atoms with E-state index in [4.69, 9.17) is 10.5 Å². The van der Waals surface area contributed by atoms with Crippen LogP contribution in [0.2, 0.25) is 0 Å². The van der Waals surface area contributed by atoms with Gasteiger partial charge in [0, 0.05) is 23.8 Å². The van der Waals surface area contributed by atoms with Gasteiger partial charge in [0.1, 0.15) is 10.8 Å². The Bertz CT molecular complexity index is 939. The van der Waals surface area contributed by atoms with E-state index < -0.39 is 6.03 Å². The molecule has 3 aromatic rings. The molecule has 0 atom stereocenters. The highest BCUT2D eigenvalue weighted by Gasteiger charge is 2.18. The number of hydrogen-bond donors (Lipinski definition) is 3. The van der Waals surface area contributed by atoms with Gasteiger partial charge in [-0.3, -0.25) is 15.1 Å². The maximum atomic E-state index is 12.6. The zero-order valence-electron chi connectivity index (χ0n) is 14.6. The van der Waals surface area contributed by atoms with Crippen molar-refractivity contribution in [2.45, 2.75) is 6.54 Å². The van der Waals surface area contributed by atoms with Gasteiger partial charge in [-0.05, 0) is 47.5 Å². The summed E-state index contributed by atoms with van der Waals surface area (Å²) in [4.78, 5) is 28.8. The third-order valence-corrected chi connectivity index (χ3v) is 4.86. The number of nitrogens with two attached hydrogens (primary N) is 1. The molecule has 0 saturated carbocycles. The molecule has 1 aromatic carbocycles. The second kappa shape index (κ2) is 8.33. The number of pyridine rings is 1. The number of ether oxygens (including phenoxy) is 1. The van der Waals surface area contributed by atoms with Gasteiger partial charge in [0.25, 0.3) is 5.91 Å². The fourth-order valence-electron chi connectivity index (χ4n) is 2.44. The van der Waals surface area contributed by atoms with E-state index in [-0.39, 0.29) is 5.91 Å². The fraction of sp³-hybridized carbons (Fsp3) is 0.105. The van der Waals surface area contributed by atoms with E-state index in [9.17, 15) is 9.59 Å². The Hall–Kier alpha value is -3.39. The first-order valence-electron chi connectivity index (χ1n) is 8.08. The summed E-state index contributed by atoms with van der Waals surface area (Å²) in [5.74, 6) is 0.429. The highest BCUT2D eigenvalue weighted by Crippen LogP contribution is 2.36. The number of nitrogens with one attached hydrogen (secondary N) is 2. The van der Waals surface area contributed by atoms with E-state index in [1.165, 1.54) is 11.3 Å². The van der Waals surface area contributed by atoms with Crippen LogP contribution in [-0.2, 0) is 6.54 Å². The minimum Gasteiger partial charge on any atom is -0.497 e. The highest BCUT2D eigenvalue weighted by molar-refractivity contribution is 7.20. The summed E-state index contributed by atoms with van der Waals surface area (Å²) in [6.07, 6.45) is 3.35. The van der Waals surface area contributed by atoms with Crippen LogP contribution >= 0.6 is 11.3 Å². The van der Waals surface area contributed by atoms with Gasteiger partial charge in [0.05, 0.1) is 12.7 Å². The summed E-state index contributed by atoms with van der Waals surface area (Å²) < 4.78 is 5.16. The zero-order chi connectivity index (χ0) is 19.2. The molecule has 0 spiro atoms. The van der Waals surface area contributed by atoms with Crippen molar-refractivity contribution in [3.8, 4) is 16.2 Å². The molecule has 0 fully saturated rings. The molecule has 0 unspecified atom stereocenters. The first kappa shape index (κ1) is 18.4. The zero-order valence-corrected chi connectivity index (χ0v) is 15.4. The molecular weight excluding hydrogens is 364 g/mol. The van der Waals surface area contributed by atoms with Gasteiger partial charge in [-0.1, -0.05) is 6.07 Å². The van der Waals surface area contributed by atoms with Crippen molar-refractivity contribution < 1.29 is 14.3 Å². The average Bonchev–Trinajstić information content (AvgIpc) is 3.10. The van der Waals surface area contributed by atoms with Crippen LogP contribution < -0.4 is 21.1 Å². The van der Waals surface area contributed by atoms with Crippen molar-refractivity contribution in [1.29, 1.82) is 0 Å². The van der Waals surface area contributed by atoms with Gasteiger partial charge in [-0.2, -0.15) is 0 Å². The summed E-state index contributed by atoms with van der Waals surface area (Å²) >= 11 is 1.28. The van der Waals surface area contributed by atoms with E-state index >= 15 is 0 Å². The Balaban J connectivity index is 1.84. The number of aromatic nitrogens is 1. The van der Waals surface area contributed by atoms with E-state index in [2.05, 4.69) is 15.6 Å². The maximum Gasteiger partial charge on any atom is 0.317 e. The van der Waals surface area contributed by atoms with Crippen molar-refractivity contribution in [2.24, 2.45) is 5.73 Å². The first-order valence-corrected chi connectivity index (χ1v) is 8.90. The van der Waals surface area contributed by atoms with Crippen LogP contribution in [0.1, 0.15) is 15.9 Å². The third kappa shape index (κ3) is 4.62. The molecule has 2 aromatic heterocycles. The molecule has 3 rings (SSSR count). The summed E-state index contributed by atoms with van der Waals surface area (Å²) in [5.41, 5.74) is 7.38. The largest absolute Gasteiger partial charge is 0.497 e. The van der Waals surface area contributed by atoms with Crippen LogP contribution in [0.3, 0.4) is 0 Å². The molecule has 0 aliphatic heterocycles. The molecule has 3 amide bonds. The van der Waals surface area contributed by atoms with Gasteiger partial charge in [0.2, 0.25) is 0 Å². The average molecular weight is 382 g/mol. The molecule has 0 radical (unpaired) electrons. The summed E-state index contributed by atoms with van der Waals surface area (Å²) in [7, 11) is 1.60. The molecule has 8 heteroatoms. The number of methoxy groups -OCH3 is 1. The normalized spacial score (nSPS) is 10.3. The van der Waals surface area contributed by atoms with Crippen LogP contribution in [0.15, 0.2) is 54.9 Å². The quantitative estimate of drug-likeness (QED) is 0.608. The topological polar surface area (TPSA) is 106 Å². The van der Waals surface area contributed by atoms with Crippen LogP contribution in [0.25, 0.3) is 10.4 Å². The summed E-state index contributed by atoms with van der Waals surface area (Å²) in [5, 5.41) is 5.75. The number of primary amides is 1. The molecule has 0 saturated heterocycles. The number of anilines is 1. The molecule has 138 valence electrons. The van der Waals surface area contributed by atoms with Crippen molar-refractivity contribution in [1.82, 2.24) is 10.3 Å². The smallest absolute Gasteiger partial charge is 0.317 e. The molecular formula is C19H18N4O3S. The summed E-state index contributed by atoms with van der Waals surface area (Å²) in [6, 6.07) is 12.1. The molecule has 4 N–H and O–H groups in total. The fourth-order valence-corrected chi connectivity index (χ4v) is 3.51. The predicted molar refractivity (Wildman–Crippen MR) is 105 cm³/mol. The van der Waals surface area contributed by atoms with Gasteiger partial charge in [0.15, 0.2) is 0 Å². The number of amides is 3. The SMILES string of the molecule is COc1ccc(-c2cc(C(=O)NCc3cccnc3)c(NC(N)=O)s2)cc1. The lowest BCUT2D eigenvalue weighted by atomic mass is 10.1. The molecule has 7 nitrogen and oxygen atoms in total. The molecule has 2 heterocycles. The van der Waals surface area contributed by atoms with E-state index in [0.717, 1.165) is 21.8 Å². The Morgan fingerprint density at radius 1 is 1.22 bits per heavy atom. The summed E-state index contributed by atoms with van der Waals surface area (Å²) in [6.45, 7) is 0.330.